The van der Waals surface area contributed by atoms with Crippen LogP contribution >= 0.6 is 0 Å². The maximum Gasteiger partial charge on any atom is 0.369 e. The molecule has 0 radical (unpaired) electrons. The zero-order valence-corrected chi connectivity index (χ0v) is 14.0. The number of para-hydroxylation sites is 1. The van der Waals surface area contributed by atoms with E-state index in [4.69, 9.17) is 0 Å². The summed E-state index contributed by atoms with van der Waals surface area (Å²) in [5, 5.41) is 2.45. The molecule has 0 aliphatic carbocycles. The molecule has 3 heterocycles. The molecule has 0 saturated heterocycles. The Balaban J connectivity index is 2.25. The molecule has 0 spiro atoms. The molecule has 0 atom stereocenters. The summed E-state index contributed by atoms with van der Waals surface area (Å²) in [6.45, 7) is 6.60. The van der Waals surface area contributed by atoms with E-state index in [1.54, 1.807) is 0 Å². The van der Waals surface area contributed by atoms with Gasteiger partial charge >= 0.3 is 5.95 Å². The highest BCUT2D eigenvalue weighted by molar-refractivity contribution is 6.09. The molecule has 0 saturated carbocycles. The summed E-state index contributed by atoms with van der Waals surface area (Å²) < 4.78 is 6.86. The summed E-state index contributed by atoms with van der Waals surface area (Å²) in [4.78, 5) is 4.34. The Morgan fingerprint density at radius 3 is 2.74 bits per heavy atom. The third-order valence-corrected chi connectivity index (χ3v) is 4.54. The van der Waals surface area contributed by atoms with Crippen molar-refractivity contribution in [3.63, 3.8) is 0 Å². The lowest BCUT2D eigenvalue weighted by atomic mass is 10.1. The van der Waals surface area contributed by atoms with Crippen molar-refractivity contribution in [3.8, 4) is 5.95 Å². The van der Waals surface area contributed by atoms with Crippen LogP contribution in [0.15, 0.2) is 49.1 Å². The van der Waals surface area contributed by atoms with Crippen molar-refractivity contribution < 1.29 is 4.57 Å². The number of hydrogen-bond donors (Lipinski definition) is 0. The fourth-order valence-corrected chi connectivity index (χ4v) is 3.45. The minimum Gasteiger partial charge on any atom is -0.264 e. The van der Waals surface area contributed by atoms with Crippen LogP contribution in [0.3, 0.4) is 0 Å². The van der Waals surface area contributed by atoms with Gasteiger partial charge < -0.3 is 0 Å². The van der Waals surface area contributed by atoms with E-state index in [9.17, 15) is 0 Å². The normalized spacial score (nSPS) is 11.9. The molecule has 116 valence electrons. The molecule has 0 N–H and O–H groups in total. The van der Waals surface area contributed by atoms with E-state index >= 15 is 0 Å². The molecule has 4 nitrogen and oxygen atoms in total. The number of imidazole rings is 1. The number of hydrogen-bond acceptors (Lipinski definition) is 1. The molecule has 4 heteroatoms. The molecule has 0 unspecified atom stereocenters. The van der Waals surface area contributed by atoms with Gasteiger partial charge in [-0.2, -0.15) is 4.57 Å². The highest BCUT2D eigenvalue weighted by Crippen LogP contribution is 2.32. The molecular weight excluding hydrogens is 284 g/mol. The predicted octanol–water partition coefficient (Wildman–Crippen LogP) is 3.69. The lowest BCUT2D eigenvalue weighted by Gasteiger charge is -2.09. The summed E-state index contributed by atoms with van der Waals surface area (Å²) in [6.07, 6.45) is 8.11. The first-order valence-electron chi connectivity index (χ1n) is 8.00. The Morgan fingerprint density at radius 2 is 1.96 bits per heavy atom. The van der Waals surface area contributed by atoms with Crippen molar-refractivity contribution in [2.45, 2.75) is 26.8 Å². The smallest absolute Gasteiger partial charge is 0.264 e. The van der Waals surface area contributed by atoms with Gasteiger partial charge in [-0.05, 0) is 32.4 Å². The van der Waals surface area contributed by atoms with E-state index < -0.39 is 0 Å². The molecule has 0 aliphatic heterocycles. The molecule has 0 bridgehead atoms. The Bertz CT molecular complexity index is 1020. The lowest BCUT2D eigenvalue weighted by Crippen LogP contribution is -2.33. The standard InChI is InChI=1S/C19H21N4/c1-13(2)22-11-10-21(4)19(22)23-17-8-9-20-12-16(17)15-7-5-6-14(3)18(15)23/h5-13H,1-4H3/q+1. The van der Waals surface area contributed by atoms with Crippen molar-refractivity contribution in [2.24, 2.45) is 7.05 Å². The fourth-order valence-electron chi connectivity index (χ4n) is 3.45. The van der Waals surface area contributed by atoms with Crippen LogP contribution < -0.4 is 4.57 Å². The zero-order chi connectivity index (χ0) is 16.1. The van der Waals surface area contributed by atoms with Gasteiger partial charge in [-0.15, -0.1) is 0 Å². The van der Waals surface area contributed by atoms with Gasteiger partial charge in [0, 0.05) is 23.2 Å². The van der Waals surface area contributed by atoms with E-state index in [-0.39, 0.29) is 0 Å². The molecule has 0 aliphatic rings. The summed E-state index contributed by atoms with van der Waals surface area (Å²) in [7, 11) is 2.10. The van der Waals surface area contributed by atoms with E-state index in [0.717, 1.165) is 0 Å². The van der Waals surface area contributed by atoms with Gasteiger partial charge in [-0.1, -0.05) is 18.2 Å². The van der Waals surface area contributed by atoms with Gasteiger partial charge in [0.25, 0.3) is 0 Å². The fraction of sp³-hybridized carbons (Fsp3) is 0.263. The average molecular weight is 305 g/mol. The van der Waals surface area contributed by atoms with E-state index in [1.165, 1.54) is 33.3 Å². The first kappa shape index (κ1) is 14.0. The minimum absolute atomic E-state index is 0.393. The molecule has 4 aromatic rings. The quantitative estimate of drug-likeness (QED) is 0.519. The molecule has 1 aromatic carbocycles. The van der Waals surface area contributed by atoms with Gasteiger partial charge in [0.2, 0.25) is 0 Å². The van der Waals surface area contributed by atoms with E-state index in [1.807, 2.05) is 12.4 Å². The molecule has 0 amide bonds. The number of aromatic nitrogens is 4. The largest absolute Gasteiger partial charge is 0.369 e. The monoisotopic (exact) mass is 305 g/mol. The van der Waals surface area contributed by atoms with Crippen LogP contribution in [-0.2, 0) is 7.05 Å². The summed E-state index contributed by atoms with van der Waals surface area (Å²) in [5.74, 6) is 1.17. The third kappa shape index (κ3) is 1.91. The Hall–Kier alpha value is -2.62. The van der Waals surface area contributed by atoms with Crippen molar-refractivity contribution in [2.75, 3.05) is 0 Å². The van der Waals surface area contributed by atoms with Crippen LogP contribution in [-0.4, -0.2) is 14.1 Å². The van der Waals surface area contributed by atoms with Crippen molar-refractivity contribution in [1.29, 1.82) is 0 Å². The molecule has 0 fully saturated rings. The number of fused-ring (bicyclic) bond motifs is 3. The highest BCUT2D eigenvalue weighted by Gasteiger charge is 2.25. The van der Waals surface area contributed by atoms with Crippen molar-refractivity contribution in [1.82, 2.24) is 14.1 Å². The molecule has 23 heavy (non-hydrogen) atoms. The lowest BCUT2D eigenvalue weighted by molar-refractivity contribution is -0.664. The van der Waals surface area contributed by atoms with Gasteiger partial charge in [0.05, 0.1) is 25.5 Å². The topological polar surface area (TPSA) is 26.6 Å². The second kappa shape index (κ2) is 4.95. The van der Waals surface area contributed by atoms with Gasteiger partial charge in [0.1, 0.15) is 11.0 Å². The summed E-state index contributed by atoms with van der Waals surface area (Å²) >= 11 is 0. The Labute approximate surface area is 135 Å². The van der Waals surface area contributed by atoms with Gasteiger partial charge in [-0.3, -0.25) is 4.98 Å². The van der Waals surface area contributed by atoms with Crippen LogP contribution in [0.4, 0.5) is 0 Å². The maximum absolute atomic E-state index is 4.34. The average Bonchev–Trinajstić information content (AvgIpc) is 3.06. The summed E-state index contributed by atoms with van der Waals surface area (Å²) in [5.41, 5.74) is 3.72. The number of aryl methyl sites for hydroxylation is 2. The molecule has 3 aromatic heterocycles. The first-order valence-corrected chi connectivity index (χ1v) is 8.00. The Morgan fingerprint density at radius 1 is 1.13 bits per heavy atom. The van der Waals surface area contributed by atoms with Gasteiger partial charge in [0.15, 0.2) is 0 Å². The zero-order valence-electron chi connectivity index (χ0n) is 14.0. The van der Waals surface area contributed by atoms with Crippen LogP contribution in [0.2, 0.25) is 0 Å². The van der Waals surface area contributed by atoms with Gasteiger partial charge in [-0.25, -0.2) is 9.13 Å². The van der Waals surface area contributed by atoms with Crippen molar-refractivity contribution in [3.05, 3.63) is 54.6 Å². The van der Waals surface area contributed by atoms with Crippen LogP contribution in [0.25, 0.3) is 27.8 Å². The SMILES string of the molecule is Cc1cccc2c3cnccc3n(-c3n(C(C)C)cc[n+]3C)c12. The number of nitrogens with zero attached hydrogens (tertiary/aromatic N) is 4. The predicted molar refractivity (Wildman–Crippen MR) is 92.9 cm³/mol. The van der Waals surface area contributed by atoms with Crippen molar-refractivity contribution >= 4 is 21.8 Å². The van der Waals surface area contributed by atoms with E-state index in [2.05, 4.69) is 83.2 Å². The van der Waals surface area contributed by atoms with Crippen LogP contribution in [0.5, 0.6) is 0 Å². The van der Waals surface area contributed by atoms with Crippen LogP contribution in [0, 0.1) is 6.92 Å². The Kier molecular flexibility index (Phi) is 3.01. The number of benzene rings is 1. The summed E-state index contributed by atoms with van der Waals surface area (Å²) in [6, 6.07) is 8.98. The molecular formula is C19H21N4+. The van der Waals surface area contributed by atoms with Crippen LogP contribution in [0.1, 0.15) is 25.5 Å². The first-order chi connectivity index (χ1) is 11.1. The number of rotatable bonds is 2. The second-order valence-electron chi connectivity index (χ2n) is 6.41. The maximum atomic E-state index is 4.34. The minimum atomic E-state index is 0.393. The second-order valence-corrected chi connectivity index (χ2v) is 6.41. The van der Waals surface area contributed by atoms with E-state index in [0.29, 0.717) is 6.04 Å². The third-order valence-electron chi connectivity index (χ3n) is 4.54. The highest BCUT2D eigenvalue weighted by atomic mass is 15.3. The number of pyridine rings is 1. The molecule has 4 rings (SSSR count).